The zero-order chi connectivity index (χ0) is 26.0. The molecule has 0 aliphatic rings. The molecule has 0 fully saturated rings. The van der Waals surface area contributed by atoms with Crippen LogP contribution < -0.4 is 24.8 Å². The van der Waals surface area contributed by atoms with Crippen molar-refractivity contribution in [2.75, 3.05) is 0 Å². The molecule has 36 heavy (non-hydrogen) atoms. The Balaban J connectivity index is 0.000000566. The van der Waals surface area contributed by atoms with Gasteiger partial charge in [0.1, 0.15) is 0 Å². The van der Waals surface area contributed by atoms with Gasteiger partial charge in [0, 0.05) is 0 Å². The Bertz CT molecular complexity index is 1120. The van der Waals surface area contributed by atoms with E-state index in [1.54, 1.807) is 0 Å². The minimum atomic E-state index is 0. The molecular weight excluding hydrogens is 662 g/mol. The zero-order valence-corrected chi connectivity index (χ0v) is 30.5. The van der Waals surface area contributed by atoms with E-state index >= 15 is 0 Å². The van der Waals surface area contributed by atoms with Gasteiger partial charge in [0.2, 0.25) is 0 Å². The summed E-state index contributed by atoms with van der Waals surface area (Å²) < 4.78 is 0. The summed E-state index contributed by atoms with van der Waals surface area (Å²) >= 11 is 1.45. The van der Waals surface area contributed by atoms with Crippen LogP contribution in [-0.4, -0.2) is 5.49 Å². The molecular formula is C32H44Cl2HfSi-2. The average molecular weight is 706 g/mol. The van der Waals surface area contributed by atoms with Crippen LogP contribution in [0.5, 0.6) is 0 Å². The van der Waals surface area contributed by atoms with E-state index in [2.05, 4.69) is 131 Å². The SMILES string of the molecule is C[Si](C)=[Hf+2].Cc1ccc(C)c2[cH-]c(C(C)(C)C)cc12.Cc1ccc(C)c2[cH-]c(C(C)(C)C)cc12.[Cl-].[Cl-]. The molecule has 4 aromatic rings. The number of hydrogen-bond acceptors (Lipinski definition) is 0. The zero-order valence-electron chi connectivity index (χ0n) is 24.4. The summed E-state index contributed by atoms with van der Waals surface area (Å²) in [6.45, 7) is 27.0. The van der Waals surface area contributed by atoms with Crippen LogP contribution in [0.3, 0.4) is 0 Å². The number of hydrogen-bond donors (Lipinski definition) is 0. The fourth-order valence-electron chi connectivity index (χ4n) is 4.05. The molecule has 0 spiro atoms. The Morgan fingerprint density at radius 2 is 0.833 bits per heavy atom. The Hall–Kier alpha value is -0.673. The van der Waals surface area contributed by atoms with Gasteiger partial charge in [0.05, 0.1) is 0 Å². The number of benzene rings is 2. The van der Waals surface area contributed by atoms with Gasteiger partial charge in [-0.1, -0.05) is 78.6 Å². The molecule has 0 amide bonds. The predicted octanol–water partition coefficient (Wildman–Crippen LogP) is 3.74. The maximum Gasteiger partial charge on any atom is -0.0309 e. The second-order valence-corrected chi connectivity index (χ2v) is 24.8. The summed E-state index contributed by atoms with van der Waals surface area (Å²) in [6.07, 6.45) is 0. The molecule has 0 aromatic heterocycles. The summed E-state index contributed by atoms with van der Waals surface area (Å²) in [5.74, 6) is 0. The molecule has 0 atom stereocenters. The van der Waals surface area contributed by atoms with Gasteiger partial charge in [-0.15, -0.1) is 68.1 Å². The second-order valence-electron chi connectivity index (χ2n) is 12.0. The minimum Gasteiger partial charge on any atom is -1.00 e. The summed E-state index contributed by atoms with van der Waals surface area (Å²) in [7, 11) is 0. The van der Waals surface area contributed by atoms with Gasteiger partial charge < -0.3 is 24.8 Å². The number of halogens is 2. The van der Waals surface area contributed by atoms with Crippen molar-refractivity contribution < 1.29 is 47.8 Å². The third kappa shape index (κ3) is 9.26. The number of aryl methyl sites for hydroxylation is 4. The van der Waals surface area contributed by atoms with Crippen molar-refractivity contribution in [2.24, 2.45) is 0 Å². The van der Waals surface area contributed by atoms with Crippen molar-refractivity contribution in [3.8, 4) is 0 Å². The van der Waals surface area contributed by atoms with Gasteiger partial charge in [0.25, 0.3) is 0 Å². The molecule has 0 unspecified atom stereocenters. The van der Waals surface area contributed by atoms with E-state index in [-0.39, 0.29) is 41.1 Å². The molecule has 0 nitrogen and oxygen atoms in total. The first-order valence-corrected chi connectivity index (χ1v) is 20.3. The summed E-state index contributed by atoms with van der Waals surface area (Å²) in [4.78, 5) is 0. The van der Waals surface area contributed by atoms with Crippen molar-refractivity contribution >= 4 is 27.0 Å². The first kappa shape index (κ1) is 35.3. The number of fused-ring (bicyclic) bond motifs is 2. The van der Waals surface area contributed by atoms with Gasteiger partial charge in [-0.05, 0) is 24.7 Å². The van der Waals surface area contributed by atoms with Crippen molar-refractivity contribution in [3.63, 3.8) is 0 Å². The van der Waals surface area contributed by atoms with E-state index in [4.69, 9.17) is 0 Å². The van der Waals surface area contributed by atoms with Crippen molar-refractivity contribution in [2.45, 2.75) is 93.2 Å². The van der Waals surface area contributed by atoms with Gasteiger partial charge in [-0.2, -0.15) is 12.1 Å². The van der Waals surface area contributed by atoms with E-state index in [0.717, 1.165) is 0 Å². The Kier molecular flexibility index (Phi) is 13.7. The van der Waals surface area contributed by atoms with Crippen LogP contribution in [-0.2, 0) is 33.8 Å². The van der Waals surface area contributed by atoms with E-state index < -0.39 is 0 Å². The van der Waals surface area contributed by atoms with Crippen LogP contribution in [0.15, 0.2) is 48.5 Å². The van der Waals surface area contributed by atoms with E-state index in [1.807, 2.05) is 0 Å². The van der Waals surface area contributed by atoms with Gasteiger partial charge in [0.15, 0.2) is 0 Å². The normalized spacial score (nSPS) is 11.1. The molecule has 4 rings (SSSR count). The van der Waals surface area contributed by atoms with Gasteiger partial charge in [-0.3, -0.25) is 0 Å². The predicted molar refractivity (Wildman–Crippen MR) is 153 cm³/mol. The van der Waals surface area contributed by atoms with Crippen molar-refractivity contribution in [1.82, 2.24) is 0 Å². The topological polar surface area (TPSA) is 0 Å². The third-order valence-corrected chi connectivity index (χ3v) is 6.38. The molecule has 0 radical (unpaired) electrons. The molecule has 4 aromatic carbocycles. The van der Waals surface area contributed by atoms with Gasteiger partial charge >= 0.3 is 41.6 Å². The van der Waals surface area contributed by atoms with E-state index in [0.29, 0.717) is 0 Å². The molecule has 0 saturated heterocycles. The molecule has 0 saturated carbocycles. The third-order valence-electron chi connectivity index (χ3n) is 6.38. The second kappa shape index (κ2) is 13.9. The first-order chi connectivity index (χ1) is 15.5. The molecule has 0 heterocycles. The van der Waals surface area contributed by atoms with E-state index in [9.17, 15) is 0 Å². The average Bonchev–Trinajstić information content (AvgIpc) is 3.34. The monoisotopic (exact) mass is 706 g/mol. The van der Waals surface area contributed by atoms with Crippen LogP contribution in [0.2, 0.25) is 13.1 Å². The Morgan fingerprint density at radius 3 is 1.06 bits per heavy atom. The standard InChI is InChI=1S/2C15H19.C2H6Si.2ClH.Hf/c2*1-10-6-7-11(2)14-9-12(8-13(10)14)15(3,4)5;1-3-2;;;/h2*6-9H,1-5H3;1-2H3;2*1H;/q2*-1;;;;+2/p-2. The number of rotatable bonds is 0. The molecule has 0 aliphatic carbocycles. The van der Waals surface area contributed by atoms with Crippen LogP contribution in [0.4, 0.5) is 0 Å². The van der Waals surface area contributed by atoms with Crippen LogP contribution in [0.1, 0.15) is 74.9 Å². The fraction of sp³-hybridized carbons (Fsp3) is 0.438. The molecule has 196 valence electrons. The molecule has 0 aliphatic heterocycles. The summed E-state index contributed by atoms with van der Waals surface area (Å²) in [5.41, 5.74) is 9.16. The summed E-state index contributed by atoms with van der Waals surface area (Å²) in [6, 6.07) is 18.2. The maximum atomic E-state index is 2.34. The fourth-order valence-corrected chi connectivity index (χ4v) is 4.05. The molecule has 4 heteroatoms. The Morgan fingerprint density at radius 1 is 0.583 bits per heavy atom. The molecule has 0 N–H and O–H groups in total. The van der Waals surface area contributed by atoms with Crippen LogP contribution >= 0.6 is 0 Å². The van der Waals surface area contributed by atoms with Crippen molar-refractivity contribution in [3.05, 3.63) is 81.9 Å². The van der Waals surface area contributed by atoms with Crippen LogP contribution in [0.25, 0.3) is 21.5 Å². The summed E-state index contributed by atoms with van der Waals surface area (Å²) in [5, 5.41) is 5.67. The van der Waals surface area contributed by atoms with Crippen molar-refractivity contribution in [1.29, 1.82) is 0 Å². The maximum absolute atomic E-state index is 2.34. The largest absolute Gasteiger partial charge is 1.00 e. The minimum absolute atomic E-state index is 0. The quantitative estimate of drug-likeness (QED) is 0.193. The van der Waals surface area contributed by atoms with E-state index in [1.165, 1.54) is 77.9 Å². The first-order valence-electron chi connectivity index (χ1n) is 12.4. The van der Waals surface area contributed by atoms with Gasteiger partial charge in [-0.25, -0.2) is 0 Å². The smallest absolute Gasteiger partial charge is 0.0309 e. The Labute approximate surface area is 248 Å². The van der Waals surface area contributed by atoms with Crippen LogP contribution in [0, 0.1) is 27.7 Å². The molecule has 0 bridgehead atoms.